The lowest BCUT2D eigenvalue weighted by atomic mass is 9.99. The first kappa shape index (κ1) is 14.1. The zero-order valence-electron chi connectivity index (χ0n) is 11.4. The van der Waals surface area contributed by atoms with Crippen LogP contribution in [0.25, 0.3) is 0 Å². The topological polar surface area (TPSA) is 52.3 Å². The lowest BCUT2D eigenvalue weighted by molar-refractivity contribution is -0.146. The van der Waals surface area contributed by atoms with Gasteiger partial charge in [0.25, 0.3) is 0 Å². The molecule has 1 fully saturated rings. The Morgan fingerprint density at radius 3 is 2.63 bits per heavy atom. The molecule has 0 bridgehead atoms. The second-order valence-electron chi connectivity index (χ2n) is 5.33. The fourth-order valence-corrected chi connectivity index (χ4v) is 2.70. The summed E-state index contributed by atoms with van der Waals surface area (Å²) < 4.78 is 5.27. The zero-order chi connectivity index (χ0) is 13.5. The third-order valence-electron chi connectivity index (χ3n) is 3.88. The number of carbonyl (C=O) groups excluding carboxylic acids is 1. The molecule has 1 unspecified atom stereocenters. The normalized spacial score (nSPS) is 17.3. The Labute approximate surface area is 115 Å². The Kier molecular flexibility index (Phi) is 5.40. The highest BCUT2D eigenvalue weighted by molar-refractivity contribution is 5.75. The highest BCUT2D eigenvalue weighted by Gasteiger charge is 2.28. The molecule has 2 N–H and O–H groups in total. The summed E-state index contributed by atoms with van der Waals surface area (Å²) in [5, 5.41) is 0. The first-order valence-electron chi connectivity index (χ1n) is 7.23. The minimum Gasteiger partial charge on any atom is -0.465 e. The average molecular weight is 261 g/mol. The SMILES string of the molecule is NC(C(=O)OCCCc1ccccc1)C1CCCC1. The van der Waals surface area contributed by atoms with E-state index in [1.54, 1.807) is 0 Å². The fourth-order valence-electron chi connectivity index (χ4n) is 2.70. The van der Waals surface area contributed by atoms with Crippen molar-refractivity contribution in [3.8, 4) is 0 Å². The molecular formula is C16H23NO2. The van der Waals surface area contributed by atoms with Gasteiger partial charge in [-0.1, -0.05) is 43.2 Å². The van der Waals surface area contributed by atoms with Gasteiger partial charge in [-0.15, -0.1) is 0 Å². The maximum absolute atomic E-state index is 11.8. The molecule has 0 heterocycles. The van der Waals surface area contributed by atoms with Gasteiger partial charge in [-0.2, -0.15) is 0 Å². The summed E-state index contributed by atoms with van der Waals surface area (Å²) >= 11 is 0. The summed E-state index contributed by atoms with van der Waals surface area (Å²) in [5.74, 6) is 0.113. The quantitative estimate of drug-likeness (QED) is 0.632. The minimum absolute atomic E-state index is 0.222. The first-order chi connectivity index (χ1) is 9.27. The van der Waals surface area contributed by atoms with E-state index in [2.05, 4.69) is 12.1 Å². The predicted octanol–water partition coefficient (Wildman–Crippen LogP) is 2.68. The molecule has 0 aliphatic heterocycles. The number of benzene rings is 1. The molecule has 3 nitrogen and oxygen atoms in total. The van der Waals surface area contributed by atoms with E-state index in [-0.39, 0.29) is 5.97 Å². The van der Waals surface area contributed by atoms with Crippen molar-refractivity contribution < 1.29 is 9.53 Å². The summed E-state index contributed by atoms with van der Waals surface area (Å²) in [6.45, 7) is 0.466. The van der Waals surface area contributed by atoms with Gasteiger partial charge in [0.05, 0.1) is 6.61 Å². The van der Waals surface area contributed by atoms with E-state index in [1.807, 2.05) is 18.2 Å². The predicted molar refractivity (Wildman–Crippen MR) is 75.7 cm³/mol. The van der Waals surface area contributed by atoms with Crippen molar-refractivity contribution in [3.05, 3.63) is 35.9 Å². The molecule has 104 valence electrons. The molecule has 3 heteroatoms. The molecule has 2 rings (SSSR count). The minimum atomic E-state index is -0.417. The molecule has 0 spiro atoms. The van der Waals surface area contributed by atoms with Crippen LogP contribution in [-0.2, 0) is 16.0 Å². The van der Waals surface area contributed by atoms with Crippen molar-refractivity contribution >= 4 is 5.97 Å². The molecule has 1 aromatic rings. The van der Waals surface area contributed by atoms with Gasteiger partial charge in [-0.25, -0.2) is 0 Å². The van der Waals surface area contributed by atoms with Crippen LogP contribution in [0.4, 0.5) is 0 Å². The molecule has 1 saturated carbocycles. The summed E-state index contributed by atoms with van der Waals surface area (Å²) in [7, 11) is 0. The van der Waals surface area contributed by atoms with Crippen LogP contribution in [0.15, 0.2) is 30.3 Å². The lowest BCUT2D eigenvalue weighted by Crippen LogP contribution is -2.38. The molecule has 0 radical (unpaired) electrons. The number of hydrogen-bond acceptors (Lipinski definition) is 3. The van der Waals surface area contributed by atoms with Crippen LogP contribution in [-0.4, -0.2) is 18.6 Å². The molecular weight excluding hydrogens is 238 g/mol. The summed E-state index contributed by atoms with van der Waals surface area (Å²) in [4.78, 5) is 11.8. The molecule has 1 aromatic carbocycles. The standard InChI is InChI=1S/C16H23NO2/c17-15(14-10-4-5-11-14)16(18)19-12-6-9-13-7-2-1-3-8-13/h1-3,7-8,14-15H,4-6,9-12,17H2. The van der Waals surface area contributed by atoms with Crippen molar-refractivity contribution in [2.45, 2.75) is 44.6 Å². The van der Waals surface area contributed by atoms with Crippen molar-refractivity contribution in [2.24, 2.45) is 11.7 Å². The summed E-state index contributed by atoms with van der Waals surface area (Å²) in [5.41, 5.74) is 7.22. The first-order valence-corrected chi connectivity index (χ1v) is 7.23. The van der Waals surface area contributed by atoms with Crippen molar-refractivity contribution in [2.75, 3.05) is 6.61 Å². The second kappa shape index (κ2) is 7.29. The smallest absolute Gasteiger partial charge is 0.323 e. The Morgan fingerprint density at radius 1 is 1.26 bits per heavy atom. The van der Waals surface area contributed by atoms with Crippen molar-refractivity contribution in [1.29, 1.82) is 0 Å². The molecule has 0 aromatic heterocycles. The van der Waals surface area contributed by atoms with Crippen LogP contribution in [0.1, 0.15) is 37.7 Å². The van der Waals surface area contributed by atoms with Crippen molar-refractivity contribution in [3.63, 3.8) is 0 Å². The fraction of sp³-hybridized carbons (Fsp3) is 0.562. The van der Waals surface area contributed by atoms with Gasteiger partial charge in [0, 0.05) is 0 Å². The maximum Gasteiger partial charge on any atom is 0.323 e. The lowest BCUT2D eigenvalue weighted by Gasteiger charge is -2.17. The number of carbonyl (C=O) groups is 1. The van der Waals surface area contributed by atoms with Crippen LogP contribution < -0.4 is 5.73 Å². The molecule has 0 saturated heterocycles. The Bertz CT molecular complexity index is 385. The van der Waals surface area contributed by atoms with Gasteiger partial charge >= 0.3 is 5.97 Å². The largest absolute Gasteiger partial charge is 0.465 e. The van der Waals surface area contributed by atoms with Gasteiger partial charge in [-0.3, -0.25) is 4.79 Å². The average Bonchev–Trinajstić information content (AvgIpc) is 2.98. The van der Waals surface area contributed by atoms with E-state index >= 15 is 0 Å². The number of aryl methyl sites for hydroxylation is 1. The monoisotopic (exact) mass is 261 g/mol. The molecule has 1 aliphatic rings. The van der Waals surface area contributed by atoms with Gasteiger partial charge in [0.15, 0.2) is 0 Å². The van der Waals surface area contributed by atoms with Gasteiger partial charge < -0.3 is 10.5 Å². The van der Waals surface area contributed by atoms with E-state index in [0.717, 1.165) is 25.7 Å². The van der Waals surface area contributed by atoms with Crippen LogP contribution in [0, 0.1) is 5.92 Å². The molecule has 1 atom stereocenters. The third kappa shape index (κ3) is 4.35. The zero-order valence-corrected chi connectivity index (χ0v) is 11.4. The number of rotatable bonds is 6. The number of ether oxygens (including phenoxy) is 1. The summed E-state index contributed by atoms with van der Waals surface area (Å²) in [6.07, 6.45) is 6.32. The van der Waals surface area contributed by atoms with Crippen LogP contribution in [0.2, 0.25) is 0 Å². The van der Waals surface area contributed by atoms with E-state index in [1.165, 1.54) is 18.4 Å². The number of hydrogen-bond donors (Lipinski definition) is 1. The van der Waals surface area contributed by atoms with E-state index in [9.17, 15) is 4.79 Å². The van der Waals surface area contributed by atoms with E-state index in [4.69, 9.17) is 10.5 Å². The Hall–Kier alpha value is -1.35. The highest BCUT2D eigenvalue weighted by atomic mass is 16.5. The van der Waals surface area contributed by atoms with Gasteiger partial charge in [0.2, 0.25) is 0 Å². The Balaban J connectivity index is 1.63. The van der Waals surface area contributed by atoms with Crippen LogP contribution in [0.5, 0.6) is 0 Å². The Morgan fingerprint density at radius 2 is 1.95 bits per heavy atom. The molecule has 0 amide bonds. The van der Waals surface area contributed by atoms with Crippen LogP contribution in [0.3, 0.4) is 0 Å². The third-order valence-corrected chi connectivity index (χ3v) is 3.88. The molecule has 19 heavy (non-hydrogen) atoms. The maximum atomic E-state index is 11.8. The highest BCUT2D eigenvalue weighted by Crippen LogP contribution is 2.27. The van der Waals surface area contributed by atoms with Crippen molar-refractivity contribution in [1.82, 2.24) is 0 Å². The van der Waals surface area contributed by atoms with Gasteiger partial charge in [-0.05, 0) is 37.2 Å². The van der Waals surface area contributed by atoms with E-state index < -0.39 is 6.04 Å². The second-order valence-corrected chi connectivity index (χ2v) is 5.33. The van der Waals surface area contributed by atoms with Crippen LogP contribution >= 0.6 is 0 Å². The molecule has 1 aliphatic carbocycles. The van der Waals surface area contributed by atoms with Gasteiger partial charge in [0.1, 0.15) is 6.04 Å². The number of esters is 1. The number of nitrogens with two attached hydrogens (primary N) is 1. The van der Waals surface area contributed by atoms with E-state index in [0.29, 0.717) is 12.5 Å². The summed E-state index contributed by atoms with van der Waals surface area (Å²) in [6, 6.07) is 9.82.